The molecule has 0 atom stereocenters. The fourth-order valence-corrected chi connectivity index (χ4v) is 6.73. The van der Waals surface area contributed by atoms with E-state index >= 15 is 0 Å². The van der Waals surface area contributed by atoms with Crippen molar-refractivity contribution in [2.24, 2.45) is 5.92 Å². The molecule has 0 aromatic heterocycles. The van der Waals surface area contributed by atoms with Gasteiger partial charge in [-0.1, -0.05) is 36.4 Å². The smallest absolute Gasteiger partial charge is 0.241 e. The summed E-state index contributed by atoms with van der Waals surface area (Å²) in [5.41, 5.74) is 0. The number of hydrogen-bond acceptors (Lipinski definition) is 4. The summed E-state index contributed by atoms with van der Waals surface area (Å²) < 4.78 is 28.6. The van der Waals surface area contributed by atoms with Crippen LogP contribution in [0.3, 0.4) is 0 Å². The summed E-state index contributed by atoms with van der Waals surface area (Å²) in [6.45, 7) is 2.76. The van der Waals surface area contributed by atoms with E-state index in [1.807, 2.05) is 36.4 Å². The summed E-state index contributed by atoms with van der Waals surface area (Å²) in [6.07, 6.45) is 4.79. The fraction of sp³-hybridized carbons (Fsp3) is 0.524. The number of thioether (sulfide) groups is 1. The van der Waals surface area contributed by atoms with Crippen molar-refractivity contribution in [3.8, 4) is 0 Å². The Morgan fingerprint density at radius 3 is 2.44 bits per heavy atom. The second kappa shape index (κ2) is 8.52. The third-order valence-electron chi connectivity index (χ3n) is 5.96. The zero-order valence-electron chi connectivity index (χ0n) is 15.6. The maximum atomic E-state index is 12.9. The van der Waals surface area contributed by atoms with Gasteiger partial charge >= 0.3 is 0 Å². The summed E-state index contributed by atoms with van der Waals surface area (Å²) >= 11 is 2.07. The van der Waals surface area contributed by atoms with E-state index in [4.69, 9.17) is 0 Å². The lowest BCUT2D eigenvalue weighted by Crippen LogP contribution is -2.44. The normalized spacial score (nSPS) is 20.9. The minimum absolute atomic E-state index is 0.387. The molecule has 0 unspecified atom stereocenters. The zero-order valence-corrected chi connectivity index (χ0v) is 17.3. The van der Waals surface area contributed by atoms with E-state index in [9.17, 15) is 8.42 Å². The zero-order chi connectivity index (χ0) is 18.7. The number of hydrogen-bond donors (Lipinski definition) is 1. The lowest BCUT2D eigenvalue weighted by Gasteiger charge is -2.39. The fourth-order valence-electron chi connectivity index (χ4n) is 4.31. The maximum Gasteiger partial charge on any atom is 0.241 e. The van der Waals surface area contributed by atoms with Crippen molar-refractivity contribution in [1.29, 1.82) is 0 Å². The molecule has 2 saturated heterocycles. The molecule has 2 aromatic rings. The number of rotatable bonds is 5. The van der Waals surface area contributed by atoms with E-state index in [0.29, 0.717) is 17.4 Å². The Balaban J connectivity index is 1.36. The lowest BCUT2D eigenvalue weighted by atomic mass is 9.95. The molecule has 0 spiro atoms. The van der Waals surface area contributed by atoms with E-state index in [1.54, 1.807) is 6.07 Å². The summed E-state index contributed by atoms with van der Waals surface area (Å²) in [4.78, 5) is 3.02. The van der Waals surface area contributed by atoms with E-state index in [2.05, 4.69) is 21.4 Å². The highest BCUT2D eigenvalue weighted by atomic mass is 32.2. The van der Waals surface area contributed by atoms with Gasteiger partial charge < -0.3 is 4.90 Å². The van der Waals surface area contributed by atoms with Crippen molar-refractivity contribution >= 4 is 32.6 Å². The van der Waals surface area contributed by atoms with Gasteiger partial charge in [0, 0.05) is 18.0 Å². The van der Waals surface area contributed by atoms with Crippen LogP contribution in [0.25, 0.3) is 10.8 Å². The number of nitrogens with zero attached hydrogens (tertiary/aromatic N) is 1. The molecular formula is C21H28N2O2S2. The number of piperidine rings is 1. The van der Waals surface area contributed by atoms with Crippen molar-refractivity contribution in [2.45, 2.75) is 36.6 Å². The minimum atomic E-state index is -3.49. The average molecular weight is 405 g/mol. The lowest BCUT2D eigenvalue weighted by molar-refractivity contribution is 0.127. The second-order valence-electron chi connectivity index (χ2n) is 7.65. The predicted octanol–water partition coefficient (Wildman–Crippen LogP) is 3.73. The van der Waals surface area contributed by atoms with E-state index < -0.39 is 10.0 Å². The molecule has 2 aromatic carbocycles. The van der Waals surface area contributed by atoms with Crippen LogP contribution in [0, 0.1) is 5.92 Å². The van der Waals surface area contributed by atoms with Gasteiger partial charge in [-0.15, -0.1) is 0 Å². The Hall–Kier alpha value is -1.08. The molecule has 0 saturated carbocycles. The molecule has 1 N–H and O–H groups in total. The summed E-state index contributed by atoms with van der Waals surface area (Å²) in [5, 5.41) is 1.75. The molecule has 146 valence electrons. The highest BCUT2D eigenvalue weighted by Crippen LogP contribution is 2.27. The monoisotopic (exact) mass is 404 g/mol. The van der Waals surface area contributed by atoms with Gasteiger partial charge in [0.15, 0.2) is 0 Å². The first kappa shape index (κ1) is 19.2. The molecule has 0 aliphatic carbocycles. The Labute approximate surface area is 166 Å². The van der Waals surface area contributed by atoms with Crippen LogP contribution in [0.1, 0.15) is 25.7 Å². The van der Waals surface area contributed by atoms with Crippen molar-refractivity contribution in [3.63, 3.8) is 0 Å². The van der Waals surface area contributed by atoms with Crippen LogP contribution in [0.4, 0.5) is 0 Å². The Bertz CT molecular complexity index is 865. The predicted molar refractivity (Wildman–Crippen MR) is 114 cm³/mol. The molecule has 2 fully saturated rings. The van der Waals surface area contributed by atoms with Crippen molar-refractivity contribution < 1.29 is 8.42 Å². The first-order chi connectivity index (χ1) is 13.1. The van der Waals surface area contributed by atoms with Crippen molar-refractivity contribution in [3.05, 3.63) is 42.5 Å². The second-order valence-corrected chi connectivity index (χ2v) is 10.6. The van der Waals surface area contributed by atoms with Crippen LogP contribution in [0.5, 0.6) is 0 Å². The van der Waals surface area contributed by atoms with Gasteiger partial charge in [-0.2, -0.15) is 11.8 Å². The van der Waals surface area contributed by atoms with Crippen LogP contribution in [0.15, 0.2) is 47.4 Å². The van der Waals surface area contributed by atoms with Gasteiger partial charge in [-0.3, -0.25) is 0 Å². The molecule has 0 amide bonds. The summed E-state index contributed by atoms with van der Waals surface area (Å²) in [6, 6.07) is 13.9. The molecule has 6 heteroatoms. The number of likely N-dealkylation sites (tertiary alicyclic amines) is 1. The van der Waals surface area contributed by atoms with Crippen molar-refractivity contribution in [2.75, 3.05) is 31.1 Å². The molecule has 4 nitrogen and oxygen atoms in total. The number of nitrogens with one attached hydrogen (secondary N) is 1. The topological polar surface area (TPSA) is 49.4 Å². The minimum Gasteiger partial charge on any atom is -0.300 e. The first-order valence-electron chi connectivity index (χ1n) is 9.93. The third kappa shape index (κ3) is 4.50. The Morgan fingerprint density at radius 2 is 1.67 bits per heavy atom. The van der Waals surface area contributed by atoms with Crippen LogP contribution in [0.2, 0.25) is 0 Å². The van der Waals surface area contributed by atoms with E-state index in [0.717, 1.165) is 42.7 Å². The average Bonchev–Trinajstić information content (AvgIpc) is 2.73. The van der Waals surface area contributed by atoms with Crippen LogP contribution >= 0.6 is 11.8 Å². The molecule has 0 radical (unpaired) electrons. The van der Waals surface area contributed by atoms with Gasteiger partial charge in [0.05, 0.1) is 4.90 Å². The van der Waals surface area contributed by atoms with Gasteiger partial charge in [-0.25, -0.2) is 13.1 Å². The molecule has 2 aliphatic rings. The highest BCUT2D eigenvalue weighted by molar-refractivity contribution is 7.99. The van der Waals surface area contributed by atoms with Gasteiger partial charge in [0.25, 0.3) is 0 Å². The number of benzene rings is 2. The van der Waals surface area contributed by atoms with Crippen LogP contribution < -0.4 is 4.72 Å². The first-order valence-corrected chi connectivity index (χ1v) is 12.6. The van der Waals surface area contributed by atoms with Crippen molar-refractivity contribution in [1.82, 2.24) is 9.62 Å². The molecule has 27 heavy (non-hydrogen) atoms. The Kier molecular flexibility index (Phi) is 6.07. The van der Waals surface area contributed by atoms with Crippen LogP contribution in [-0.2, 0) is 10.0 Å². The Morgan fingerprint density at radius 1 is 0.963 bits per heavy atom. The maximum absolute atomic E-state index is 12.9. The molecule has 4 rings (SSSR count). The molecule has 0 bridgehead atoms. The number of fused-ring (bicyclic) bond motifs is 1. The standard InChI is InChI=1S/C21H28N2O2S2/c24-27(25,21-7-3-5-18-4-1-2-6-20(18)21)22-16-17-8-12-23(13-9-17)19-10-14-26-15-11-19/h1-7,17,19,22H,8-16H2. The highest BCUT2D eigenvalue weighted by Gasteiger charge is 2.27. The third-order valence-corrected chi connectivity index (χ3v) is 8.49. The molecule has 2 aliphatic heterocycles. The van der Waals surface area contributed by atoms with Gasteiger partial charge in [0.1, 0.15) is 0 Å². The molecular weight excluding hydrogens is 376 g/mol. The quantitative estimate of drug-likeness (QED) is 0.825. The van der Waals surface area contributed by atoms with Gasteiger partial charge in [-0.05, 0) is 67.6 Å². The molecule has 2 heterocycles. The van der Waals surface area contributed by atoms with Gasteiger partial charge in [0.2, 0.25) is 10.0 Å². The van der Waals surface area contributed by atoms with E-state index in [-0.39, 0.29) is 0 Å². The van der Waals surface area contributed by atoms with E-state index in [1.165, 1.54) is 24.3 Å². The summed E-state index contributed by atoms with van der Waals surface area (Å²) in [5.74, 6) is 3.01. The SMILES string of the molecule is O=S(=O)(NCC1CCN(C2CCSCC2)CC1)c1cccc2ccccc12. The summed E-state index contributed by atoms with van der Waals surface area (Å²) in [7, 11) is -3.49. The van der Waals surface area contributed by atoms with Crippen LogP contribution in [-0.4, -0.2) is 50.5 Å². The number of sulfonamides is 1. The largest absolute Gasteiger partial charge is 0.300 e.